The van der Waals surface area contributed by atoms with E-state index in [2.05, 4.69) is 0 Å². The summed E-state index contributed by atoms with van der Waals surface area (Å²) in [5.74, 6) is -0.287. The molecule has 0 bridgehead atoms. The summed E-state index contributed by atoms with van der Waals surface area (Å²) in [5, 5.41) is 0. The van der Waals surface area contributed by atoms with E-state index in [1.54, 1.807) is 0 Å². The molecule has 0 N–H and O–H groups in total. The van der Waals surface area contributed by atoms with Gasteiger partial charge in [0.2, 0.25) is 0 Å². The number of esters is 1. The van der Waals surface area contributed by atoms with Crippen LogP contribution in [-0.2, 0) is 14.3 Å². The quantitative estimate of drug-likeness (QED) is 0.479. The Labute approximate surface area is 167 Å². The average molecular weight is 380 g/mol. The number of Topliss-reactive ketones (excluding diaryl/α,β-unsaturated/α-hetero) is 1. The first-order chi connectivity index (χ1) is 13.3. The summed E-state index contributed by atoms with van der Waals surface area (Å²) < 4.78 is 5.58. The van der Waals surface area contributed by atoms with Gasteiger partial charge in [-0.1, -0.05) is 67.6 Å². The number of carbonyl (C=O) groups excluding carboxylic acids is 2. The fourth-order valence-corrected chi connectivity index (χ4v) is 2.74. The smallest absolute Gasteiger partial charge is 0.331 e. The molecule has 1 atom stereocenters. The van der Waals surface area contributed by atoms with Crippen LogP contribution in [0.5, 0.6) is 0 Å². The van der Waals surface area contributed by atoms with Crippen molar-refractivity contribution >= 4 is 17.5 Å². The minimum Gasteiger partial charge on any atom is -0.458 e. The van der Waals surface area contributed by atoms with Crippen molar-refractivity contribution in [3.05, 3.63) is 71.8 Å². The van der Waals surface area contributed by atoms with Gasteiger partial charge in [0.1, 0.15) is 17.4 Å². The maximum atomic E-state index is 12.8. The van der Waals surface area contributed by atoms with Gasteiger partial charge in [-0.2, -0.15) is 0 Å². The van der Waals surface area contributed by atoms with Crippen molar-refractivity contribution in [3.8, 4) is 0 Å². The van der Waals surface area contributed by atoms with Gasteiger partial charge in [-0.3, -0.25) is 9.79 Å². The molecule has 0 amide bonds. The molecule has 0 unspecified atom stereocenters. The molecule has 0 aliphatic carbocycles. The number of ketones is 1. The molecular weight excluding hydrogens is 350 g/mol. The van der Waals surface area contributed by atoms with Crippen LogP contribution in [0.3, 0.4) is 0 Å². The second kappa shape index (κ2) is 9.98. The van der Waals surface area contributed by atoms with Crippen LogP contribution in [0.4, 0.5) is 0 Å². The van der Waals surface area contributed by atoms with Gasteiger partial charge < -0.3 is 4.74 Å². The average Bonchev–Trinajstić information content (AvgIpc) is 2.67. The lowest BCUT2D eigenvalue weighted by Crippen LogP contribution is -2.32. The molecule has 0 aliphatic heterocycles. The standard InChI is InChI=1S/C24H29NO3/c1-5-20(26)16-17-21(23(27)28-24(2,3)4)25-22(18-12-8-6-9-13-18)19-14-10-7-11-15-19/h6-15,21H,5,16-17H2,1-4H3/t21-/m0/s1. The Balaban J connectivity index is 2.44. The molecular formula is C24H29NO3. The second-order valence-corrected chi connectivity index (χ2v) is 7.69. The van der Waals surface area contributed by atoms with E-state index in [0.29, 0.717) is 19.3 Å². The highest BCUT2D eigenvalue weighted by atomic mass is 16.6. The molecule has 28 heavy (non-hydrogen) atoms. The number of hydrogen-bond acceptors (Lipinski definition) is 4. The largest absolute Gasteiger partial charge is 0.458 e. The Morgan fingerprint density at radius 1 is 0.929 bits per heavy atom. The number of hydrogen-bond donors (Lipinski definition) is 0. The van der Waals surface area contributed by atoms with Crippen LogP contribution in [0, 0.1) is 0 Å². The van der Waals surface area contributed by atoms with Gasteiger partial charge in [0, 0.05) is 24.0 Å². The molecule has 4 heteroatoms. The Morgan fingerprint density at radius 3 is 1.86 bits per heavy atom. The van der Waals surface area contributed by atoms with Gasteiger partial charge in [0.25, 0.3) is 0 Å². The lowest BCUT2D eigenvalue weighted by Gasteiger charge is -2.23. The van der Waals surface area contributed by atoms with Crippen molar-refractivity contribution in [1.29, 1.82) is 0 Å². The molecule has 0 fully saturated rings. The number of aliphatic imine (C=N–C) groups is 1. The van der Waals surface area contributed by atoms with Gasteiger partial charge in [-0.15, -0.1) is 0 Å². The molecule has 0 aromatic heterocycles. The molecule has 0 saturated carbocycles. The fourth-order valence-electron chi connectivity index (χ4n) is 2.74. The first-order valence-electron chi connectivity index (χ1n) is 9.73. The number of rotatable bonds is 8. The minimum absolute atomic E-state index is 0.115. The number of nitrogens with zero attached hydrogens (tertiary/aromatic N) is 1. The SMILES string of the molecule is CCC(=O)CC[C@H](N=C(c1ccccc1)c1ccccc1)C(=O)OC(C)(C)C. The molecule has 0 heterocycles. The summed E-state index contributed by atoms with van der Waals surface area (Å²) in [5.41, 5.74) is 1.95. The van der Waals surface area contributed by atoms with Crippen LogP contribution in [0.25, 0.3) is 0 Å². The summed E-state index contributed by atoms with van der Waals surface area (Å²) in [7, 11) is 0. The molecule has 4 nitrogen and oxygen atoms in total. The van der Waals surface area contributed by atoms with E-state index < -0.39 is 17.6 Å². The van der Waals surface area contributed by atoms with Gasteiger partial charge in [0.15, 0.2) is 0 Å². The Morgan fingerprint density at radius 2 is 1.43 bits per heavy atom. The molecule has 2 aromatic rings. The van der Waals surface area contributed by atoms with E-state index in [-0.39, 0.29) is 5.78 Å². The summed E-state index contributed by atoms with van der Waals surface area (Å²) in [6.45, 7) is 7.32. The maximum absolute atomic E-state index is 12.8. The zero-order valence-corrected chi connectivity index (χ0v) is 17.1. The normalized spacial score (nSPS) is 12.1. The van der Waals surface area contributed by atoms with Crippen LogP contribution >= 0.6 is 0 Å². The molecule has 2 aromatic carbocycles. The molecule has 148 valence electrons. The third kappa shape index (κ3) is 6.76. The van der Waals surface area contributed by atoms with Gasteiger partial charge in [0.05, 0.1) is 5.71 Å². The third-order valence-corrected chi connectivity index (χ3v) is 4.15. The van der Waals surface area contributed by atoms with Crippen molar-refractivity contribution in [2.24, 2.45) is 4.99 Å². The van der Waals surface area contributed by atoms with Crippen molar-refractivity contribution in [3.63, 3.8) is 0 Å². The number of ether oxygens (including phenoxy) is 1. The minimum atomic E-state index is -0.731. The lowest BCUT2D eigenvalue weighted by molar-refractivity contribution is -0.156. The molecule has 0 spiro atoms. The lowest BCUT2D eigenvalue weighted by atomic mass is 10.0. The Hall–Kier alpha value is -2.75. The summed E-state index contributed by atoms with van der Waals surface area (Å²) in [4.78, 5) is 29.5. The van der Waals surface area contributed by atoms with E-state index in [0.717, 1.165) is 16.8 Å². The Bertz CT molecular complexity index is 763. The van der Waals surface area contributed by atoms with E-state index >= 15 is 0 Å². The highest BCUT2D eigenvalue weighted by Gasteiger charge is 2.26. The van der Waals surface area contributed by atoms with Crippen molar-refractivity contribution < 1.29 is 14.3 Å². The van der Waals surface area contributed by atoms with Crippen molar-refractivity contribution in [2.45, 2.75) is 58.6 Å². The predicted octanol–water partition coefficient (Wildman–Crippen LogP) is 4.99. The molecule has 2 rings (SSSR count). The molecule has 0 saturated heterocycles. The zero-order valence-electron chi connectivity index (χ0n) is 17.1. The maximum Gasteiger partial charge on any atom is 0.331 e. The molecule has 0 radical (unpaired) electrons. The number of carbonyl (C=O) groups is 2. The third-order valence-electron chi connectivity index (χ3n) is 4.15. The van der Waals surface area contributed by atoms with E-state index in [1.807, 2.05) is 88.4 Å². The van der Waals surface area contributed by atoms with Gasteiger partial charge >= 0.3 is 5.97 Å². The van der Waals surface area contributed by atoms with Crippen LogP contribution in [-0.4, -0.2) is 29.1 Å². The highest BCUT2D eigenvalue weighted by molar-refractivity contribution is 6.13. The van der Waals surface area contributed by atoms with Crippen molar-refractivity contribution in [2.75, 3.05) is 0 Å². The van der Waals surface area contributed by atoms with Crippen LogP contribution in [0.15, 0.2) is 65.7 Å². The van der Waals surface area contributed by atoms with E-state index in [1.165, 1.54) is 0 Å². The van der Waals surface area contributed by atoms with Crippen LogP contribution in [0.1, 0.15) is 58.1 Å². The van der Waals surface area contributed by atoms with Crippen LogP contribution < -0.4 is 0 Å². The van der Waals surface area contributed by atoms with Crippen molar-refractivity contribution in [1.82, 2.24) is 0 Å². The van der Waals surface area contributed by atoms with Crippen LogP contribution in [0.2, 0.25) is 0 Å². The van der Waals surface area contributed by atoms with Gasteiger partial charge in [-0.05, 0) is 27.2 Å². The summed E-state index contributed by atoms with van der Waals surface area (Å²) in [6.07, 6.45) is 1.10. The number of benzene rings is 2. The topological polar surface area (TPSA) is 55.7 Å². The Kier molecular flexibility index (Phi) is 7.68. The second-order valence-electron chi connectivity index (χ2n) is 7.69. The first kappa shape index (κ1) is 21.5. The molecule has 0 aliphatic rings. The summed E-state index contributed by atoms with van der Waals surface area (Å²) in [6, 6.07) is 18.8. The predicted molar refractivity (Wildman–Crippen MR) is 113 cm³/mol. The first-order valence-corrected chi connectivity index (χ1v) is 9.73. The highest BCUT2D eigenvalue weighted by Crippen LogP contribution is 2.18. The fraction of sp³-hybridized carbons (Fsp3) is 0.375. The summed E-state index contributed by atoms with van der Waals surface area (Å²) >= 11 is 0. The van der Waals surface area contributed by atoms with E-state index in [9.17, 15) is 9.59 Å². The zero-order chi connectivity index (χ0) is 20.6. The van der Waals surface area contributed by atoms with Gasteiger partial charge in [-0.25, -0.2) is 4.79 Å². The monoisotopic (exact) mass is 379 g/mol. The van der Waals surface area contributed by atoms with E-state index in [4.69, 9.17) is 9.73 Å².